The molecular weight excluding hydrogens is 302 g/mol. The van der Waals surface area contributed by atoms with Gasteiger partial charge in [-0.05, 0) is 23.8 Å². The summed E-state index contributed by atoms with van der Waals surface area (Å²) in [7, 11) is 1.67. The van der Waals surface area contributed by atoms with Gasteiger partial charge in [0.1, 0.15) is 5.75 Å². The van der Waals surface area contributed by atoms with Gasteiger partial charge in [0.05, 0.1) is 32.6 Å². The van der Waals surface area contributed by atoms with Crippen LogP contribution >= 0.6 is 0 Å². The third-order valence-electron chi connectivity index (χ3n) is 4.07. The average Bonchev–Trinajstić information content (AvgIpc) is 2.62. The number of fused-ring (bicyclic) bond motifs is 1. The summed E-state index contributed by atoms with van der Waals surface area (Å²) in [5.74, 6) is 0.869. The highest BCUT2D eigenvalue weighted by atomic mass is 16.5. The fourth-order valence-electron chi connectivity index (χ4n) is 2.82. The first-order valence-electron chi connectivity index (χ1n) is 8.65. The molecule has 0 amide bonds. The Hall–Kier alpha value is -1.85. The van der Waals surface area contributed by atoms with E-state index in [0.29, 0.717) is 0 Å². The molecule has 0 bridgehead atoms. The lowest BCUT2D eigenvalue weighted by Gasteiger charge is -2.42. The smallest absolute Gasteiger partial charge is 0.118 e. The van der Waals surface area contributed by atoms with Gasteiger partial charge in [-0.2, -0.15) is 0 Å². The van der Waals surface area contributed by atoms with Gasteiger partial charge in [0, 0.05) is 25.3 Å². The second kappa shape index (κ2) is 9.45. The predicted molar refractivity (Wildman–Crippen MR) is 98.4 cm³/mol. The van der Waals surface area contributed by atoms with Gasteiger partial charge in [-0.3, -0.25) is 9.89 Å². The summed E-state index contributed by atoms with van der Waals surface area (Å²) in [5, 5.41) is 9.66. The Labute approximate surface area is 145 Å². The fourth-order valence-corrected chi connectivity index (χ4v) is 2.82. The van der Waals surface area contributed by atoms with E-state index in [9.17, 15) is 5.11 Å². The van der Waals surface area contributed by atoms with Crippen molar-refractivity contribution in [2.45, 2.75) is 32.9 Å². The Morgan fingerprint density at radius 2 is 1.96 bits per heavy atom. The number of ether oxygens (including phenoxy) is 1. The monoisotopic (exact) mass is 331 g/mol. The van der Waals surface area contributed by atoms with Crippen molar-refractivity contribution < 1.29 is 9.84 Å². The molecule has 1 saturated heterocycles. The van der Waals surface area contributed by atoms with Gasteiger partial charge in [-0.25, -0.2) is 0 Å². The summed E-state index contributed by atoms with van der Waals surface area (Å²) < 4.78 is 5.19. The zero-order valence-electron chi connectivity index (χ0n) is 15.0. The lowest BCUT2D eigenvalue weighted by atomic mass is 10.1. The molecule has 0 spiro atoms. The van der Waals surface area contributed by atoms with Crippen LogP contribution in [-0.4, -0.2) is 60.6 Å². The summed E-state index contributed by atoms with van der Waals surface area (Å²) >= 11 is 0. The number of nitrogens with zero attached hydrogens (tertiary/aromatic N) is 3. The molecule has 3 rings (SSSR count). The van der Waals surface area contributed by atoms with E-state index in [1.54, 1.807) is 7.11 Å². The highest BCUT2D eigenvalue weighted by Crippen LogP contribution is 2.22. The van der Waals surface area contributed by atoms with Crippen LogP contribution in [0.1, 0.15) is 25.8 Å². The molecule has 5 nitrogen and oxygen atoms in total. The summed E-state index contributed by atoms with van der Waals surface area (Å²) in [4.78, 5) is 8.74. The molecule has 0 aliphatic carbocycles. The van der Waals surface area contributed by atoms with E-state index in [2.05, 4.69) is 46.8 Å². The number of aliphatic hydroxyl groups is 1. The van der Waals surface area contributed by atoms with Gasteiger partial charge in [0.15, 0.2) is 0 Å². The maximum Gasteiger partial charge on any atom is 0.118 e. The van der Waals surface area contributed by atoms with Crippen LogP contribution in [-0.2, 0) is 6.54 Å². The quantitative estimate of drug-likeness (QED) is 0.921. The minimum absolute atomic E-state index is 0.133. The van der Waals surface area contributed by atoms with Crippen molar-refractivity contribution in [2.75, 3.05) is 33.4 Å². The van der Waals surface area contributed by atoms with E-state index in [0.717, 1.165) is 31.9 Å². The molecule has 2 heterocycles. The summed E-state index contributed by atoms with van der Waals surface area (Å²) in [5.41, 5.74) is 2.51. The largest absolute Gasteiger partial charge is 0.497 e. The Morgan fingerprint density at radius 1 is 1.25 bits per heavy atom. The Kier molecular flexibility index (Phi) is 7.28. The average molecular weight is 331 g/mol. The van der Waals surface area contributed by atoms with E-state index in [1.807, 2.05) is 18.5 Å². The predicted octanol–water partition coefficient (Wildman–Crippen LogP) is 2.52. The van der Waals surface area contributed by atoms with Crippen molar-refractivity contribution in [3.8, 4) is 5.75 Å². The van der Waals surface area contributed by atoms with Gasteiger partial charge in [0.2, 0.25) is 0 Å². The lowest BCUT2D eigenvalue weighted by Crippen LogP contribution is -2.53. The van der Waals surface area contributed by atoms with Crippen molar-refractivity contribution in [1.29, 1.82) is 0 Å². The molecule has 1 N–H and O–H groups in total. The number of piperazine rings is 1. The number of hydrogen-bond acceptors (Lipinski definition) is 5. The molecule has 1 fully saturated rings. The van der Waals surface area contributed by atoms with Crippen molar-refractivity contribution in [2.24, 2.45) is 4.99 Å². The van der Waals surface area contributed by atoms with Crippen LogP contribution in [0.15, 0.2) is 41.0 Å². The topological polar surface area (TPSA) is 48.3 Å². The lowest BCUT2D eigenvalue weighted by molar-refractivity contribution is 0.0823. The molecule has 2 aliphatic heterocycles. The van der Waals surface area contributed by atoms with E-state index >= 15 is 0 Å². The van der Waals surface area contributed by atoms with Gasteiger partial charge in [-0.1, -0.05) is 32.4 Å². The van der Waals surface area contributed by atoms with Crippen LogP contribution in [0.3, 0.4) is 0 Å². The minimum Gasteiger partial charge on any atom is -0.497 e. The number of aliphatic hydroxyl groups excluding tert-OH is 1. The number of methoxy groups -OCH3 is 1. The van der Waals surface area contributed by atoms with Crippen LogP contribution in [0, 0.1) is 0 Å². The molecule has 24 heavy (non-hydrogen) atoms. The van der Waals surface area contributed by atoms with E-state index in [1.165, 1.54) is 17.7 Å². The SMILES string of the molecule is CCC.COc1ccc(CN2CC3=CCN=CN3C[C@H]2CO)cc1. The van der Waals surface area contributed by atoms with Crippen LogP contribution in [0.4, 0.5) is 0 Å². The fraction of sp³-hybridized carbons (Fsp3) is 0.526. The number of benzene rings is 1. The van der Waals surface area contributed by atoms with E-state index in [4.69, 9.17) is 4.74 Å². The summed E-state index contributed by atoms with van der Waals surface area (Å²) in [6, 6.07) is 8.25. The first-order chi connectivity index (χ1) is 11.7. The zero-order valence-corrected chi connectivity index (χ0v) is 15.0. The highest BCUT2D eigenvalue weighted by molar-refractivity contribution is 5.60. The third-order valence-corrected chi connectivity index (χ3v) is 4.07. The molecule has 1 aromatic rings. The van der Waals surface area contributed by atoms with Crippen molar-refractivity contribution in [3.63, 3.8) is 0 Å². The molecule has 2 aliphatic rings. The molecule has 0 radical (unpaired) electrons. The molecular formula is C19H29N3O2. The van der Waals surface area contributed by atoms with Crippen molar-refractivity contribution in [1.82, 2.24) is 9.80 Å². The van der Waals surface area contributed by atoms with Crippen LogP contribution < -0.4 is 4.74 Å². The molecule has 0 aromatic heterocycles. The molecule has 132 valence electrons. The van der Waals surface area contributed by atoms with Crippen LogP contribution in [0.5, 0.6) is 5.75 Å². The van der Waals surface area contributed by atoms with Gasteiger partial charge in [-0.15, -0.1) is 0 Å². The van der Waals surface area contributed by atoms with Gasteiger partial charge in [0.25, 0.3) is 0 Å². The minimum atomic E-state index is 0.133. The van der Waals surface area contributed by atoms with E-state index < -0.39 is 0 Å². The number of aliphatic imine (C=N–C) groups is 1. The Balaban J connectivity index is 0.000000647. The number of hydrogen-bond donors (Lipinski definition) is 1. The number of rotatable bonds is 4. The summed E-state index contributed by atoms with van der Waals surface area (Å²) in [6.07, 6.45) is 5.30. The first kappa shape index (κ1) is 18.5. The molecule has 0 saturated carbocycles. The van der Waals surface area contributed by atoms with Crippen molar-refractivity contribution in [3.05, 3.63) is 41.6 Å². The Morgan fingerprint density at radius 3 is 2.58 bits per heavy atom. The van der Waals surface area contributed by atoms with Crippen molar-refractivity contribution >= 4 is 6.34 Å². The van der Waals surface area contributed by atoms with Crippen LogP contribution in [0.2, 0.25) is 0 Å². The van der Waals surface area contributed by atoms with Gasteiger partial charge < -0.3 is 14.7 Å². The highest BCUT2D eigenvalue weighted by Gasteiger charge is 2.29. The molecule has 1 aromatic carbocycles. The first-order valence-corrected chi connectivity index (χ1v) is 8.65. The molecule has 0 unspecified atom stereocenters. The van der Waals surface area contributed by atoms with E-state index in [-0.39, 0.29) is 12.6 Å². The standard InChI is InChI=1S/C16H21N3O2.C3H8/c1-21-16-4-2-13(3-5-16)8-18-9-14-6-7-17-12-19(14)10-15(18)11-20;1-3-2/h2-6,12,15,20H,7-11H2,1H3;3H2,1-2H3/t15-;/m0./s1. The van der Waals surface area contributed by atoms with Gasteiger partial charge >= 0.3 is 0 Å². The molecule has 1 atom stereocenters. The third kappa shape index (κ3) is 4.82. The second-order valence-corrected chi connectivity index (χ2v) is 6.13. The normalized spacial score (nSPS) is 19.9. The Bertz CT molecular complexity index is 554. The van der Waals surface area contributed by atoms with Crippen LogP contribution in [0.25, 0.3) is 0 Å². The second-order valence-electron chi connectivity index (χ2n) is 6.13. The maximum absolute atomic E-state index is 9.66. The molecule has 5 heteroatoms. The maximum atomic E-state index is 9.66. The summed E-state index contributed by atoms with van der Waals surface area (Å²) in [6.45, 7) is 7.64. The zero-order chi connectivity index (χ0) is 17.4.